The number of nitrogens with one attached hydrogen (secondary N) is 1. The Kier molecular flexibility index (Phi) is 7.37. The Morgan fingerprint density at radius 2 is 1.88 bits per heavy atom. The minimum atomic E-state index is -0.0107. The van der Waals surface area contributed by atoms with Crippen molar-refractivity contribution in [2.24, 2.45) is 4.99 Å². The Labute approximate surface area is 196 Å². The van der Waals surface area contributed by atoms with Crippen molar-refractivity contribution in [3.8, 4) is 0 Å². The number of hydrogen-bond acceptors (Lipinski definition) is 4. The first-order valence-corrected chi connectivity index (χ1v) is 12.8. The third kappa shape index (κ3) is 5.10. The maximum absolute atomic E-state index is 12.8. The smallest absolute Gasteiger partial charge is 0.251 e. The molecule has 4 nitrogen and oxygen atoms in total. The van der Waals surface area contributed by atoms with Crippen molar-refractivity contribution < 1.29 is 4.79 Å². The fraction of sp³-hybridized carbons (Fsp3) is 0.481. The van der Waals surface area contributed by atoms with Crippen LogP contribution in [-0.2, 0) is 0 Å². The normalized spacial score (nSPS) is 20.7. The topological polar surface area (TPSA) is 44.7 Å². The van der Waals surface area contributed by atoms with Crippen LogP contribution in [0, 0.1) is 6.92 Å². The first kappa shape index (κ1) is 23.1. The zero-order valence-corrected chi connectivity index (χ0v) is 20.6. The molecule has 4 rings (SSSR count). The van der Waals surface area contributed by atoms with Crippen molar-refractivity contribution in [3.05, 3.63) is 53.1 Å². The van der Waals surface area contributed by atoms with Gasteiger partial charge in [-0.2, -0.15) is 0 Å². The summed E-state index contributed by atoms with van der Waals surface area (Å²) in [6.07, 6.45) is 5.74. The van der Waals surface area contributed by atoms with Gasteiger partial charge in [0.05, 0.1) is 5.69 Å². The summed E-state index contributed by atoms with van der Waals surface area (Å²) in [6, 6.07) is 13.8. The number of piperidine rings is 1. The van der Waals surface area contributed by atoms with E-state index in [1.54, 1.807) is 11.8 Å². The van der Waals surface area contributed by atoms with Gasteiger partial charge in [-0.3, -0.25) is 14.7 Å². The molecule has 1 N–H and O–H groups in total. The molecule has 2 aliphatic heterocycles. The number of nitrogens with zero attached hydrogens (tertiary/aromatic N) is 2. The van der Waals surface area contributed by atoms with Crippen molar-refractivity contribution in [1.29, 1.82) is 0 Å². The van der Waals surface area contributed by atoms with Crippen LogP contribution in [0.4, 0.5) is 5.69 Å². The minimum Gasteiger partial charge on any atom is -0.352 e. The highest BCUT2D eigenvalue weighted by Gasteiger charge is 2.24. The Bertz CT molecular complexity index is 1010. The molecule has 1 fully saturated rings. The van der Waals surface area contributed by atoms with Crippen molar-refractivity contribution in [2.75, 3.05) is 13.1 Å². The summed E-state index contributed by atoms with van der Waals surface area (Å²) in [5, 5.41) is 3.12. The van der Waals surface area contributed by atoms with Crippen LogP contribution in [0.15, 0.2) is 51.2 Å². The van der Waals surface area contributed by atoms with Gasteiger partial charge < -0.3 is 5.32 Å². The van der Waals surface area contributed by atoms with Gasteiger partial charge in [0, 0.05) is 51.8 Å². The first-order valence-electron chi connectivity index (χ1n) is 12.0. The van der Waals surface area contributed by atoms with Gasteiger partial charge in [-0.1, -0.05) is 36.7 Å². The van der Waals surface area contributed by atoms with Crippen LogP contribution in [0.5, 0.6) is 0 Å². The van der Waals surface area contributed by atoms with Crippen LogP contribution in [-0.4, -0.2) is 41.7 Å². The molecule has 2 heterocycles. The van der Waals surface area contributed by atoms with E-state index >= 15 is 0 Å². The summed E-state index contributed by atoms with van der Waals surface area (Å²) in [7, 11) is 0. The lowest BCUT2D eigenvalue weighted by Gasteiger charge is -2.39. The SMILES string of the molecule is CCC1=Nc2cc(C(=O)NCCCN3[C@H](C)CCC[C@@H]3C)ccc2Sc2ccc(C)cc21. The van der Waals surface area contributed by atoms with Crippen LogP contribution in [0.25, 0.3) is 0 Å². The summed E-state index contributed by atoms with van der Waals surface area (Å²) in [4.78, 5) is 22.7. The predicted molar refractivity (Wildman–Crippen MR) is 135 cm³/mol. The van der Waals surface area contributed by atoms with E-state index in [9.17, 15) is 4.79 Å². The molecular formula is C27H35N3OS. The molecule has 5 heteroatoms. The van der Waals surface area contributed by atoms with Gasteiger partial charge in [0.15, 0.2) is 0 Å². The highest BCUT2D eigenvalue weighted by atomic mass is 32.2. The molecule has 0 spiro atoms. The van der Waals surface area contributed by atoms with E-state index in [4.69, 9.17) is 4.99 Å². The maximum atomic E-state index is 12.8. The Morgan fingerprint density at radius 3 is 2.62 bits per heavy atom. The van der Waals surface area contributed by atoms with Gasteiger partial charge in [0.1, 0.15) is 0 Å². The fourth-order valence-electron chi connectivity index (χ4n) is 4.87. The van der Waals surface area contributed by atoms with Crippen LogP contribution in [0.3, 0.4) is 0 Å². The van der Waals surface area contributed by atoms with Gasteiger partial charge >= 0.3 is 0 Å². The van der Waals surface area contributed by atoms with E-state index in [2.05, 4.69) is 56.1 Å². The molecule has 170 valence electrons. The second-order valence-electron chi connectivity index (χ2n) is 9.17. The van der Waals surface area contributed by atoms with E-state index < -0.39 is 0 Å². The molecule has 0 saturated carbocycles. The standard InChI is InChI=1S/C27H35N3OS/c1-5-23-22-16-18(2)10-12-25(22)32-26-13-11-21(17-24(26)29-23)27(31)28-14-7-15-30-19(3)8-6-9-20(30)4/h10-13,16-17,19-20H,5-9,14-15H2,1-4H3,(H,28,31)/t19-,20+. The van der Waals surface area contributed by atoms with E-state index in [1.165, 1.54) is 35.3 Å². The molecule has 2 aromatic rings. The Hall–Kier alpha value is -2.11. The summed E-state index contributed by atoms with van der Waals surface area (Å²) in [5.74, 6) is -0.0107. The van der Waals surface area contributed by atoms with Crippen LogP contribution < -0.4 is 5.32 Å². The number of benzene rings is 2. The average Bonchev–Trinajstić information content (AvgIpc) is 2.93. The third-order valence-corrected chi connectivity index (χ3v) is 7.87. The molecule has 0 bridgehead atoms. The molecule has 32 heavy (non-hydrogen) atoms. The number of rotatable bonds is 6. The van der Waals surface area contributed by atoms with Gasteiger partial charge in [-0.25, -0.2) is 0 Å². The number of carbonyl (C=O) groups excluding carboxylic acids is 1. The van der Waals surface area contributed by atoms with Gasteiger partial charge in [0.25, 0.3) is 5.91 Å². The predicted octanol–water partition coefficient (Wildman–Crippen LogP) is 6.37. The number of fused-ring (bicyclic) bond motifs is 2. The lowest BCUT2D eigenvalue weighted by Crippen LogP contribution is -2.44. The highest BCUT2D eigenvalue weighted by molar-refractivity contribution is 7.99. The summed E-state index contributed by atoms with van der Waals surface area (Å²) >= 11 is 1.74. The van der Waals surface area contributed by atoms with Crippen LogP contribution in [0.2, 0.25) is 0 Å². The number of hydrogen-bond donors (Lipinski definition) is 1. The lowest BCUT2D eigenvalue weighted by atomic mass is 9.97. The lowest BCUT2D eigenvalue weighted by molar-refractivity contribution is 0.0925. The van der Waals surface area contributed by atoms with Crippen LogP contribution >= 0.6 is 11.8 Å². The van der Waals surface area contributed by atoms with E-state index in [1.807, 2.05) is 18.2 Å². The number of likely N-dealkylation sites (tertiary alicyclic amines) is 1. The van der Waals surface area contributed by atoms with E-state index in [0.29, 0.717) is 24.2 Å². The van der Waals surface area contributed by atoms with Crippen molar-refractivity contribution in [2.45, 2.75) is 81.7 Å². The van der Waals surface area contributed by atoms with Gasteiger partial charge in [-0.05, 0) is 76.8 Å². The zero-order chi connectivity index (χ0) is 22.7. The van der Waals surface area contributed by atoms with Crippen LogP contribution in [0.1, 0.15) is 74.4 Å². The maximum Gasteiger partial charge on any atom is 0.251 e. The van der Waals surface area contributed by atoms with E-state index in [0.717, 1.165) is 35.7 Å². The van der Waals surface area contributed by atoms with E-state index in [-0.39, 0.29) is 5.91 Å². The first-order chi connectivity index (χ1) is 15.5. The quantitative estimate of drug-likeness (QED) is 0.521. The molecule has 2 aromatic carbocycles. The van der Waals surface area contributed by atoms with Crippen molar-refractivity contribution >= 4 is 29.1 Å². The highest BCUT2D eigenvalue weighted by Crippen LogP contribution is 2.41. The monoisotopic (exact) mass is 449 g/mol. The summed E-state index contributed by atoms with van der Waals surface area (Å²) in [5.41, 5.74) is 5.11. The molecule has 0 unspecified atom stereocenters. The van der Waals surface area contributed by atoms with Gasteiger partial charge in [0.2, 0.25) is 0 Å². The number of amides is 1. The molecule has 2 aliphatic rings. The average molecular weight is 450 g/mol. The molecule has 0 aromatic heterocycles. The summed E-state index contributed by atoms with van der Waals surface area (Å²) < 4.78 is 0. The number of carbonyl (C=O) groups is 1. The van der Waals surface area contributed by atoms with Crippen molar-refractivity contribution in [1.82, 2.24) is 10.2 Å². The van der Waals surface area contributed by atoms with Gasteiger partial charge in [-0.15, -0.1) is 0 Å². The molecule has 2 atom stereocenters. The molecule has 1 amide bonds. The molecular weight excluding hydrogens is 414 g/mol. The zero-order valence-electron chi connectivity index (χ0n) is 19.8. The Balaban J connectivity index is 1.42. The largest absolute Gasteiger partial charge is 0.352 e. The Morgan fingerprint density at radius 1 is 1.12 bits per heavy atom. The summed E-state index contributed by atoms with van der Waals surface area (Å²) in [6.45, 7) is 10.7. The molecule has 0 radical (unpaired) electrons. The molecule has 0 aliphatic carbocycles. The third-order valence-electron chi connectivity index (χ3n) is 6.73. The minimum absolute atomic E-state index is 0.0107. The number of aryl methyl sites for hydroxylation is 1. The van der Waals surface area contributed by atoms with Crippen molar-refractivity contribution in [3.63, 3.8) is 0 Å². The molecule has 1 saturated heterocycles. The second-order valence-corrected chi connectivity index (χ2v) is 10.3. The fourth-order valence-corrected chi connectivity index (χ4v) is 5.87. The second kappa shape index (κ2) is 10.2. The number of aliphatic imine (C=N–C) groups is 1.